The number of hydrogen-bond donors (Lipinski definition) is 0. The van der Waals surface area contributed by atoms with Crippen LogP contribution in [0.5, 0.6) is 0 Å². The zero-order chi connectivity index (χ0) is 24.0. The summed E-state index contributed by atoms with van der Waals surface area (Å²) >= 11 is 0. The first-order valence-electron chi connectivity index (χ1n) is 11.2. The van der Waals surface area contributed by atoms with Gasteiger partial charge in [-0.1, -0.05) is 68.3 Å². The van der Waals surface area contributed by atoms with Crippen molar-refractivity contribution in [2.75, 3.05) is 0 Å². The number of hydrogen-bond acceptors (Lipinski definition) is 0. The van der Waals surface area contributed by atoms with Gasteiger partial charge in [0, 0.05) is 5.56 Å². The molecule has 3 aromatic carbocycles. The lowest BCUT2D eigenvalue weighted by atomic mass is 9.98. The highest BCUT2D eigenvalue weighted by Crippen LogP contribution is 2.35. The summed E-state index contributed by atoms with van der Waals surface area (Å²) < 4.78 is 74.1. The number of fused-ring (bicyclic) bond motifs is 1. The lowest BCUT2D eigenvalue weighted by molar-refractivity contribution is 0.505. The Kier molecular flexibility index (Phi) is 8.43. The van der Waals surface area contributed by atoms with E-state index in [-0.39, 0.29) is 16.5 Å². The molecule has 3 rings (SSSR count). The van der Waals surface area contributed by atoms with E-state index in [9.17, 15) is 22.0 Å². The van der Waals surface area contributed by atoms with E-state index in [0.29, 0.717) is 6.42 Å². The fourth-order valence-corrected chi connectivity index (χ4v) is 3.82. The summed E-state index contributed by atoms with van der Waals surface area (Å²) in [5.41, 5.74) is 0.268. The Morgan fingerprint density at radius 2 is 1.55 bits per heavy atom. The van der Waals surface area contributed by atoms with Crippen molar-refractivity contribution in [3.63, 3.8) is 0 Å². The van der Waals surface area contributed by atoms with E-state index >= 15 is 0 Å². The van der Waals surface area contributed by atoms with Crippen molar-refractivity contribution in [2.24, 2.45) is 0 Å². The van der Waals surface area contributed by atoms with Crippen LogP contribution in [0.3, 0.4) is 0 Å². The Morgan fingerprint density at radius 1 is 0.818 bits per heavy atom. The average molecular weight is 459 g/mol. The van der Waals surface area contributed by atoms with E-state index in [1.807, 2.05) is 26.0 Å². The first-order chi connectivity index (χ1) is 15.9. The molecule has 0 fully saturated rings. The summed E-state index contributed by atoms with van der Waals surface area (Å²) in [6.45, 7) is 3.93. The molecule has 33 heavy (non-hydrogen) atoms. The van der Waals surface area contributed by atoms with Crippen LogP contribution in [0.25, 0.3) is 22.4 Å². The highest BCUT2D eigenvalue weighted by molar-refractivity contribution is 5.91. The predicted octanol–water partition coefficient (Wildman–Crippen LogP) is 9.26. The molecule has 0 aromatic heterocycles. The smallest absolute Gasteiger partial charge is 0.170 e. The van der Waals surface area contributed by atoms with Gasteiger partial charge >= 0.3 is 0 Å². The minimum absolute atomic E-state index is 0.0251. The largest absolute Gasteiger partial charge is 0.206 e. The number of allylic oxidation sites excluding steroid dienone is 2. The second-order valence-electron chi connectivity index (χ2n) is 8.08. The monoisotopic (exact) mass is 458 g/mol. The Balaban J connectivity index is 1.97. The summed E-state index contributed by atoms with van der Waals surface area (Å²) in [5, 5.41) is -0.563. The van der Waals surface area contributed by atoms with Gasteiger partial charge in [0.2, 0.25) is 0 Å². The van der Waals surface area contributed by atoms with Crippen LogP contribution in [0.2, 0.25) is 0 Å². The lowest BCUT2D eigenvalue weighted by Crippen LogP contribution is -2.00. The Bertz CT molecular complexity index is 1170. The van der Waals surface area contributed by atoms with Crippen LogP contribution < -0.4 is 0 Å². The highest BCUT2D eigenvalue weighted by atomic mass is 19.2. The maximum atomic E-state index is 14.9. The van der Waals surface area contributed by atoms with Crippen molar-refractivity contribution in [3.05, 3.63) is 94.3 Å². The van der Waals surface area contributed by atoms with Crippen molar-refractivity contribution >= 4 is 22.4 Å². The topological polar surface area (TPSA) is 0 Å². The molecule has 0 bridgehead atoms. The van der Waals surface area contributed by atoms with Gasteiger partial charge in [-0.15, -0.1) is 0 Å². The van der Waals surface area contributed by atoms with Gasteiger partial charge in [-0.05, 0) is 55.2 Å². The molecule has 0 heterocycles. The van der Waals surface area contributed by atoms with Crippen LogP contribution in [-0.4, -0.2) is 0 Å². The van der Waals surface area contributed by atoms with E-state index in [1.165, 1.54) is 24.3 Å². The van der Waals surface area contributed by atoms with Gasteiger partial charge in [0.25, 0.3) is 0 Å². The van der Waals surface area contributed by atoms with Crippen molar-refractivity contribution < 1.29 is 22.0 Å². The molecule has 174 valence electrons. The molecule has 0 nitrogen and oxygen atoms in total. The molecule has 0 atom stereocenters. The average Bonchev–Trinajstić information content (AvgIpc) is 2.82. The van der Waals surface area contributed by atoms with E-state index in [2.05, 4.69) is 0 Å². The minimum Gasteiger partial charge on any atom is -0.206 e. The molecule has 0 saturated heterocycles. The SMILES string of the molecule is C/C=C/CCc1ccc(C(F)=C(F)c2cc3ccc(CCCCC)c(F)c3c(F)c2F)cc1. The molecule has 0 unspecified atom stereocenters. The highest BCUT2D eigenvalue weighted by Gasteiger charge is 2.23. The first-order valence-corrected chi connectivity index (χ1v) is 11.2. The second kappa shape index (κ2) is 11.3. The zero-order valence-electron chi connectivity index (χ0n) is 18.8. The lowest BCUT2D eigenvalue weighted by Gasteiger charge is -2.11. The summed E-state index contributed by atoms with van der Waals surface area (Å²) in [4.78, 5) is 0. The quantitative estimate of drug-likeness (QED) is 0.130. The summed E-state index contributed by atoms with van der Waals surface area (Å²) in [6, 6.07) is 9.98. The number of rotatable bonds is 9. The fraction of sp³-hybridized carbons (Fsp3) is 0.286. The normalized spacial score (nSPS) is 12.6. The van der Waals surface area contributed by atoms with Gasteiger partial charge in [0.05, 0.1) is 10.9 Å². The van der Waals surface area contributed by atoms with E-state index < -0.39 is 40.1 Å². The summed E-state index contributed by atoms with van der Waals surface area (Å²) in [5.74, 6) is -6.81. The van der Waals surface area contributed by atoms with Crippen LogP contribution in [0, 0.1) is 17.5 Å². The third-order valence-electron chi connectivity index (χ3n) is 5.72. The van der Waals surface area contributed by atoms with Gasteiger partial charge in [0.1, 0.15) is 5.82 Å². The van der Waals surface area contributed by atoms with Crippen molar-refractivity contribution in [3.8, 4) is 0 Å². The van der Waals surface area contributed by atoms with Gasteiger partial charge < -0.3 is 0 Å². The molecule has 0 N–H and O–H groups in total. The molecule has 0 radical (unpaired) electrons. The van der Waals surface area contributed by atoms with Crippen LogP contribution in [-0.2, 0) is 12.8 Å². The standard InChI is InChI=1S/C28H27F5/c1-3-5-7-9-18-11-13-20(14-12-18)25(30)26(31)22-17-21-16-15-19(10-8-6-4-2)24(29)23(21)28(33)27(22)32/h3,5,11-17H,4,6-10H2,1-2H3/b5-3+,26-25?. The molecular weight excluding hydrogens is 431 g/mol. The minimum atomic E-state index is -1.61. The van der Waals surface area contributed by atoms with Crippen LogP contribution in [0.4, 0.5) is 22.0 Å². The third-order valence-corrected chi connectivity index (χ3v) is 5.72. The molecular formula is C28H27F5. The van der Waals surface area contributed by atoms with Crippen molar-refractivity contribution in [2.45, 2.75) is 52.4 Å². The van der Waals surface area contributed by atoms with Gasteiger partial charge in [-0.25, -0.2) is 22.0 Å². The molecule has 0 spiro atoms. The molecule has 0 aliphatic heterocycles. The van der Waals surface area contributed by atoms with Crippen LogP contribution in [0.1, 0.15) is 61.8 Å². The Labute approximate surface area is 191 Å². The second-order valence-corrected chi connectivity index (χ2v) is 8.08. The molecule has 3 aromatic rings. The van der Waals surface area contributed by atoms with Crippen molar-refractivity contribution in [1.82, 2.24) is 0 Å². The maximum absolute atomic E-state index is 14.9. The zero-order valence-corrected chi connectivity index (χ0v) is 18.8. The number of unbranched alkanes of at least 4 members (excludes halogenated alkanes) is 2. The Morgan fingerprint density at radius 3 is 2.21 bits per heavy atom. The van der Waals surface area contributed by atoms with Crippen LogP contribution in [0.15, 0.2) is 54.6 Å². The molecule has 0 amide bonds. The van der Waals surface area contributed by atoms with E-state index in [1.54, 1.807) is 12.1 Å². The number of halogens is 5. The predicted molar refractivity (Wildman–Crippen MR) is 126 cm³/mol. The molecule has 0 aliphatic carbocycles. The first kappa shape index (κ1) is 24.7. The third kappa shape index (κ3) is 5.52. The van der Waals surface area contributed by atoms with E-state index in [4.69, 9.17) is 0 Å². The number of aryl methyl sites for hydroxylation is 2. The molecule has 5 heteroatoms. The Hall–Kier alpha value is -2.95. The molecule has 0 aliphatic rings. The fourth-order valence-electron chi connectivity index (χ4n) is 3.82. The molecule has 0 saturated carbocycles. The van der Waals surface area contributed by atoms with Gasteiger partial charge in [0.15, 0.2) is 23.3 Å². The number of benzene rings is 3. The van der Waals surface area contributed by atoms with Crippen LogP contribution >= 0.6 is 0 Å². The summed E-state index contributed by atoms with van der Waals surface area (Å²) in [6.07, 6.45) is 8.45. The van der Waals surface area contributed by atoms with Crippen molar-refractivity contribution in [1.29, 1.82) is 0 Å². The van der Waals surface area contributed by atoms with Gasteiger partial charge in [-0.2, -0.15) is 0 Å². The summed E-state index contributed by atoms with van der Waals surface area (Å²) in [7, 11) is 0. The maximum Gasteiger partial charge on any atom is 0.170 e. The van der Waals surface area contributed by atoms with E-state index in [0.717, 1.165) is 43.7 Å². The van der Waals surface area contributed by atoms with Gasteiger partial charge in [-0.3, -0.25) is 0 Å².